The fraction of sp³-hybridized carbons (Fsp3) is 0.154. The SMILES string of the molecule is CC#Cc1cccc2nc(C(C)Nc3ncnc(N)c3-c3nc(C)no3)n(-c3ccccc3)c(=O)c12. The smallest absolute Gasteiger partial charge is 0.267 e. The molecule has 10 heteroatoms. The maximum absolute atomic E-state index is 13.9. The molecule has 1 unspecified atom stereocenters. The molecular formula is C26H22N8O2. The van der Waals surface area contributed by atoms with Crippen LogP contribution < -0.4 is 16.6 Å². The fourth-order valence-corrected chi connectivity index (χ4v) is 3.99. The summed E-state index contributed by atoms with van der Waals surface area (Å²) in [5, 5.41) is 7.61. The van der Waals surface area contributed by atoms with E-state index in [1.165, 1.54) is 6.33 Å². The maximum atomic E-state index is 13.9. The Hall–Kier alpha value is -5.04. The van der Waals surface area contributed by atoms with Gasteiger partial charge in [-0.3, -0.25) is 9.36 Å². The Labute approximate surface area is 206 Å². The van der Waals surface area contributed by atoms with Crippen molar-refractivity contribution in [3.05, 3.63) is 82.4 Å². The van der Waals surface area contributed by atoms with Crippen molar-refractivity contribution < 1.29 is 4.52 Å². The van der Waals surface area contributed by atoms with Crippen molar-refractivity contribution in [3.63, 3.8) is 0 Å². The summed E-state index contributed by atoms with van der Waals surface area (Å²) in [5.74, 6) is 7.57. The van der Waals surface area contributed by atoms with Gasteiger partial charge in [0.05, 0.1) is 22.6 Å². The molecule has 3 N–H and O–H groups in total. The van der Waals surface area contributed by atoms with Crippen molar-refractivity contribution in [2.45, 2.75) is 26.8 Å². The van der Waals surface area contributed by atoms with Crippen molar-refractivity contribution in [1.82, 2.24) is 29.7 Å². The number of nitrogens with one attached hydrogen (secondary N) is 1. The third-order valence-electron chi connectivity index (χ3n) is 5.56. The Kier molecular flexibility index (Phi) is 5.88. The Morgan fingerprint density at radius 2 is 1.89 bits per heavy atom. The molecule has 1 atom stereocenters. The summed E-state index contributed by atoms with van der Waals surface area (Å²) in [6, 6.07) is 14.3. The van der Waals surface area contributed by atoms with Gasteiger partial charge < -0.3 is 15.6 Å². The average molecular weight is 479 g/mol. The first-order valence-electron chi connectivity index (χ1n) is 11.2. The van der Waals surface area contributed by atoms with Crippen LogP contribution in [0.1, 0.15) is 37.1 Å². The Morgan fingerprint density at radius 3 is 2.61 bits per heavy atom. The summed E-state index contributed by atoms with van der Waals surface area (Å²) >= 11 is 0. The summed E-state index contributed by atoms with van der Waals surface area (Å²) in [5.41, 5.74) is 8.14. The van der Waals surface area contributed by atoms with E-state index in [4.69, 9.17) is 15.2 Å². The monoisotopic (exact) mass is 478 g/mol. The number of aromatic nitrogens is 6. The normalized spacial score (nSPS) is 11.6. The van der Waals surface area contributed by atoms with Crippen LogP contribution in [0.5, 0.6) is 0 Å². The highest BCUT2D eigenvalue weighted by Gasteiger charge is 2.23. The maximum Gasteiger partial charge on any atom is 0.267 e. The van der Waals surface area contributed by atoms with Gasteiger partial charge in [-0.05, 0) is 45.0 Å². The highest BCUT2D eigenvalue weighted by molar-refractivity contribution is 5.85. The summed E-state index contributed by atoms with van der Waals surface area (Å²) < 4.78 is 6.91. The molecule has 2 aromatic carbocycles. The molecule has 36 heavy (non-hydrogen) atoms. The molecule has 10 nitrogen and oxygen atoms in total. The quantitative estimate of drug-likeness (QED) is 0.362. The average Bonchev–Trinajstić information content (AvgIpc) is 3.30. The van der Waals surface area contributed by atoms with Crippen LogP contribution in [0.4, 0.5) is 11.6 Å². The number of para-hydroxylation sites is 1. The van der Waals surface area contributed by atoms with E-state index in [0.717, 1.165) is 0 Å². The molecule has 0 bridgehead atoms. The second-order valence-electron chi connectivity index (χ2n) is 8.02. The van der Waals surface area contributed by atoms with E-state index in [0.29, 0.717) is 45.2 Å². The van der Waals surface area contributed by atoms with Gasteiger partial charge in [-0.1, -0.05) is 35.3 Å². The van der Waals surface area contributed by atoms with E-state index in [-0.39, 0.29) is 17.3 Å². The van der Waals surface area contributed by atoms with Gasteiger partial charge in [-0.15, -0.1) is 5.92 Å². The van der Waals surface area contributed by atoms with Gasteiger partial charge in [0.1, 0.15) is 29.4 Å². The lowest BCUT2D eigenvalue weighted by Crippen LogP contribution is -2.28. The molecule has 0 spiro atoms. The number of nitrogens with two attached hydrogens (primary N) is 1. The van der Waals surface area contributed by atoms with Crippen LogP contribution in [0.15, 0.2) is 64.2 Å². The number of fused-ring (bicyclic) bond motifs is 1. The van der Waals surface area contributed by atoms with Gasteiger partial charge in [0.2, 0.25) is 0 Å². The topological polar surface area (TPSA) is 138 Å². The van der Waals surface area contributed by atoms with Crippen LogP contribution in [0.3, 0.4) is 0 Å². The predicted octanol–water partition coefficient (Wildman–Crippen LogP) is 3.66. The largest absolute Gasteiger partial charge is 0.383 e. The van der Waals surface area contributed by atoms with Crippen LogP contribution >= 0.6 is 0 Å². The van der Waals surface area contributed by atoms with Gasteiger partial charge in [0.15, 0.2) is 5.82 Å². The Bertz CT molecular complexity index is 1700. The molecule has 3 aromatic heterocycles. The van der Waals surface area contributed by atoms with Crippen molar-refractivity contribution in [2.75, 3.05) is 11.1 Å². The number of hydrogen-bond donors (Lipinski definition) is 2. The van der Waals surface area contributed by atoms with E-state index in [2.05, 4.69) is 37.3 Å². The molecule has 3 heterocycles. The first-order chi connectivity index (χ1) is 17.5. The van der Waals surface area contributed by atoms with Gasteiger partial charge in [-0.2, -0.15) is 4.98 Å². The molecule has 5 aromatic rings. The third kappa shape index (κ3) is 4.03. The van der Waals surface area contributed by atoms with Crippen molar-refractivity contribution >= 4 is 22.5 Å². The lowest BCUT2D eigenvalue weighted by Gasteiger charge is -2.21. The molecule has 178 valence electrons. The number of aryl methyl sites for hydroxylation is 1. The third-order valence-corrected chi connectivity index (χ3v) is 5.56. The van der Waals surface area contributed by atoms with Crippen LogP contribution in [-0.4, -0.2) is 29.7 Å². The molecule has 0 saturated heterocycles. The molecular weight excluding hydrogens is 456 g/mol. The van der Waals surface area contributed by atoms with Gasteiger partial charge in [0, 0.05) is 5.56 Å². The van der Waals surface area contributed by atoms with Crippen LogP contribution in [-0.2, 0) is 0 Å². The zero-order chi connectivity index (χ0) is 25.2. The van der Waals surface area contributed by atoms with Crippen LogP contribution in [0, 0.1) is 18.8 Å². The van der Waals surface area contributed by atoms with Gasteiger partial charge >= 0.3 is 0 Å². The number of rotatable bonds is 5. The second-order valence-corrected chi connectivity index (χ2v) is 8.02. The molecule has 5 rings (SSSR count). The summed E-state index contributed by atoms with van der Waals surface area (Å²) in [4.78, 5) is 31.5. The molecule has 0 aliphatic carbocycles. The first kappa shape index (κ1) is 22.7. The fourth-order valence-electron chi connectivity index (χ4n) is 3.99. The lowest BCUT2D eigenvalue weighted by atomic mass is 10.1. The summed E-state index contributed by atoms with van der Waals surface area (Å²) in [6.07, 6.45) is 1.34. The number of anilines is 2. The minimum atomic E-state index is -0.486. The van der Waals surface area contributed by atoms with Gasteiger partial charge in [-0.25, -0.2) is 15.0 Å². The predicted molar refractivity (Wildman–Crippen MR) is 136 cm³/mol. The first-order valence-corrected chi connectivity index (χ1v) is 11.2. The molecule has 0 radical (unpaired) electrons. The van der Waals surface area contributed by atoms with Crippen LogP contribution in [0.2, 0.25) is 0 Å². The molecule has 0 fully saturated rings. The molecule has 0 aliphatic rings. The zero-order valence-electron chi connectivity index (χ0n) is 19.9. The van der Waals surface area contributed by atoms with Crippen molar-refractivity contribution in [2.24, 2.45) is 0 Å². The van der Waals surface area contributed by atoms with E-state index in [9.17, 15) is 4.79 Å². The molecule has 0 saturated carbocycles. The van der Waals surface area contributed by atoms with E-state index >= 15 is 0 Å². The molecule has 0 amide bonds. The number of nitrogen functional groups attached to an aromatic ring is 1. The lowest BCUT2D eigenvalue weighted by molar-refractivity contribution is 0.425. The van der Waals surface area contributed by atoms with E-state index in [1.807, 2.05) is 49.4 Å². The minimum Gasteiger partial charge on any atom is -0.383 e. The number of benzene rings is 2. The van der Waals surface area contributed by atoms with Crippen molar-refractivity contribution in [3.8, 4) is 29.0 Å². The molecule has 0 aliphatic heterocycles. The van der Waals surface area contributed by atoms with Crippen molar-refractivity contribution in [1.29, 1.82) is 0 Å². The highest BCUT2D eigenvalue weighted by atomic mass is 16.5. The minimum absolute atomic E-state index is 0.179. The Balaban J connectivity index is 1.70. The van der Waals surface area contributed by atoms with E-state index < -0.39 is 6.04 Å². The number of nitrogens with zero attached hydrogens (tertiary/aromatic N) is 6. The van der Waals surface area contributed by atoms with Crippen LogP contribution in [0.25, 0.3) is 28.0 Å². The summed E-state index contributed by atoms with van der Waals surface area (Å²) in [7, 11) is 0. The number of hydrogen-bond acceptors (Lipinski definition) is 9. The second kappa shape index (κ2) is 9.31. The highest BCUT2D eigenvalue weighted by Crippen LogP contribution is 2.31. The summed E-state index contributed by atoms with van der Waals surface area (Å²) in [6.45, 7) is 5.32. The zero-order valence-corrected chi connectivity index (χ0v) is 19.9. The van der Waals surface area contributed by atoms with E-state index in [1.54, 1.807) is 24.5 Å². The van der Waals surface area contributed by atoms with Gasteiger partial charge in [0.25, 0.3) is 11.4 Å². The Morgan fingerprint density at radius 1 is 1.08 bits per heavy atom. The standard InChI is InChI=1S/C26H22N8O2/c1-4-9-17-10-8-13-19-20(17)26(35)34(18-11-6-5-7-12-18)24(32-19)15(2)30-23-21(22(27)28-14-29-23)25-31-16(3)33-36-25/h5-8,10-15H,1-3H3,(H3,27,28,29,30).